The fraction of sp³-hybridized carbons (Fsp3) is 0.400. The highest BCUT2D eigenvalue weighted by molar-refractivity contribution is 5.80. The summed E-state index contributed by atoms with van der Waals surface area (Å²) in [5, 5.41) is 2.86. The molecule has 1 amide bonds. The minimum atomic E-state index is -4.50. The molecule has 0 bridgehead atoms. The molecule has 24 heavy (non-hydrogen) atoms. The molecule has 0 aliphatic heterocycles. The Morgan fingerprint density at radius 1 is 1.38 bits per heavy atom. The van der Waals surface area contributed by atoms with Crippen LogP contribution in [0.2, 0.25) is 0 Å². The second-order valence-corrected chi connectivity index (χ2v) is 5.20. The third-order valence-corrected chi connectivity index (χ3v) is 3.36. The first-order chi connectivity index (χ1) is 11.2. The molecule has 9 heteroatoms. The van der Waals surface area contributed by atoms with E-state index in [9.17, 15) is 22.8 Å². The summed E-state index contributed by atoms with van der Waals surface area (Å²) in [6.07, 6.45) is -5.78. The predicted molar refractivity (Wildman–Crippen MR) is 80.3 cm³/mol. The molecule has 1 aromatic heterocycles. The number of carbonyl (C=O) groups excluding carboxylic acids is 1. The third kappa shape index (κ3) is 4.31. The molecule has 2 rings (SSSR count). The number of ether oxygens (including phenoxy) is 1. The van der Waals surface area contributed by atoms with Gasteiger partial charge in [-0.2, -0.15) is 13.2 Å². The van der Waals surface area contributed by atoms with E-state index in [4.69, 9.17) is 0 Å². The Kier molecular flexibility index (Phi) is 5.23. The monoisotopic (exact) mass is 343 g/mol. The number of para-hydroxylation sites is 1. The zero-order chi connectivity index (χ0) is 17.9. The second kappa shape index (κ2) is 7.00. The van der Waals surface area contributed by atoms with Crippen molar-refractivity contribution in [2.24, 2.45) is 7.05 Å². The molecule has 0 aliphatic rings. The summed E-state index contributed by atoms with van der Waals surface area (Å²) in [6, 6.07) is 6.74. The van der Waals surface area contributed by atoms with Crippen molar-refractivity contribution in [3.63, 3.8) is 0 Å². The normalized spacial score (nSPS) is 13.0. The van der Waals surface area contributed by atoms with Crippen LogP contribution in [0.1, 0.15) is 12.7 Å². The topological polar surface area (TPSA) is 73.2 Å². The number of aromatic nitrogens is 2. The standard InChI is InChI=1S/C15H16F3N3O3/c1-9(24-8-15(16,17)18)13(22)19-7-12-20-11-6-4-3-5-10(11)14(23)21(12)2/h3-6,9H,7-8H2,1-2H3,(H,19,22)/t9-/m0/s1. The molecule has 1 heterocycles. The number of benzene rings is 1. The summed E-state index contributed by atoms with van der Waals surface area (Å²) >= 11 is 0. The first-order valence-corrected chi connectivity index (χ1v) is 7.10. The smallest absolute Gasteiger partial charge is 0.359 e. The summed E-state index contributed by atoms with van der Waals surface area (Å²) in [5.74, 6) is -0.434. The molecule has 0 fully saturated rings. The molecule has 0 spiro atoms. The van der Waals surface area contributed by atoms with E-state index in [0.29, 0.717) is 10.9 Å². The zero-order valence-electron chi connectivity index (χ0n) is 13.1. The van der Waals surface area contributed by atoms with Crippen molar-refractivity contribution >= 4 is 16.8 Å². The minimum absolute atomic E-state index is 0.102. The van der Waals surface area contributed by atoms with Gasteiger partial charge in [0.05, 0.1) is 17.4 Å². The Morgan fingerprint density at radius 2 is 2.04 bits per heavy atom. The number of amides is 1. The highest BCUT2D eigenvalue weighted by Crippen LogP contribution is 2.15. The van der Waals surface area contributed by atoms with E-state index in [2.05, 4.69) is 15.0 Å². The lowest BCUT2D eigenvalue weighted by atomic mass is 10.2. The van der Waals surface area contributed by atoms with Gasteiger partial charge in [-0.05, 0) is 19.1 Å². The average Bonchev–Trinajstić information content (AvgIpc) is 2.53. The lowest BCUT2D eigenvalue weighted by Crippen LogP contribution is -2.37. The number of hydrogen-bond donors (Lipinski definition) is 1. The van der Waals surface area contributed by atoms with E-state index in [1.165, 1.54) is 18.5 Å². The van der Waals surface area contributed by atoms with Gasteiger partial charge in [0.2, 0.25) is 5.91 Å². The molecule has 0 unspecified atom stereocenters. The van der Waals surface area contributed by atoms with Crippen LogP contribution in [-0.4, -0.2) is 34.3 Å². The van der Waals surface area contributed by atoms with Crippen LogP contribution in [0.3, 0.4) is 0 Å². The van der Waals surface area contributed by atoms with Crippen LogP contribution in [0.5, 0.6) is 0 Å². The van der Waals surface area contributed by atoms with Gasteiger partial charge in [-0.1, -0.05) is 12.1 Å². The fourth-order valence-electron chi connectivity index (χ4n) is 2.03. The van der Waals surface area contributed by atoms with E-state index in [1.54, 1.807) is 24.3 Å². The summed E-state index contributed by atoms with van der Waals surface area (Å²) in [5.41, 5.74) is 0.206. The van der Waals surface area contributed by atoms with Crippen LogP contribution in [-0.2, 0) is 23.1 Å². The summed E-state index contributed by atoms with van der Waals surface area (Å²) in [4.78, 5) is 28.3. The van der Waals surface area contributed by atoms with Crippen molar-refractivity contribution in [1.29, 1.82) is 0 Å². The van der Waals surface area contributed by atoms with E-state index in [-0.39, 0.29) is 17.9 Å². The predicted octanol–water partition coefficient (Wildman–Crippen LogP) is 1.52. The maximum absolute atomic E-state index is 12.2. The van der Waals surface area contributed by atoms with Crippen molar-refractivity contribution in [2.75, 3.05) is 6.61 Å². The lowest BCUT2D eigenvalue weighted by Gasteiger charge is -2.15. The van der Waals surface area contributed by atoms with Gasteiger partial charge in [-0.25, -0.2) is 4.98 Å². The quantitative estimate of drug-likeness (QED) is 0.893. The highest BCUT2D eigenvalue weighted by Gasteiger charge is 2.29. The molecule has 130 valence electrons. The number of rotatable bonds is 5. The summed E-state index contributed by atoms with van der Waals surface area (Å²) in [6.45, 7) is -0.392. The molecule has 0 saturated carbocycles. The number of halogens is 3. The Morgan fingerprint density at radius 3 is 2.71 bits per heavy atom. The Labute approximate surface area is 135 Å². The maximum Gasteiger partial charge on any atom is 0.411 e. The number of nitrogens with one attached hydrogen (secondary N) is 1. The van der Waals surface area contributed by atoms with Crippen molar-refractivity contribution in [2.45, 2.75) is 25.7 Å². The van der Waals surface area contributed by atoms with Crippen molar-refractivity contribution in [1.82, 2.24) is 14.9 Å². The minimum Gasteiger partial charge on any atom is -0.359 e. The summed E-state index contributed by atoms with van der Waals surface area (Å²) < 4.78 is 41.9. The average molecular weight is 343 g/mol. The molecule has 6 nitrogen and oxygen atoms in total. The number of hydrogen-bond acceptors (Lipinski definition) is 4. The van der Waals surface area contributed by atoms with Crippen molar-refractivity contribution in [3.05, 3.63) is 40.4 Å². The Hall–Kier alpha value is -2.42. The second-order valence-electron chi connectivity index (χ2n) is 5.20. The Balaban J connectivity index is 2.06. The largest absolute Gasteiger partial charge is 0.411 e. The molecular weight excluding hydrogens is 327 g/mol. The van der Waals surface area contributed by atoms with Crippen molar-refractivity contribution in [3.8, 4) is 0 Å². The van der Waals surface area contributed by atoms with E-state index in [0.717, 1.165) is 0 Å². The zero-order valence-corrected chi connectivity index (χ0v) is 13.1. The molecule has 1 atom stereocenters. The summed E-state index contributed by atoms with van der Waals surface area (Å²) in [7, 11) is 1.51. The van der Waals surface area contributed by atoms with Gasteiger partial charge >= 0.3 is 6.18 Å². The van der Waals surface area contributed by atoms with Crippen LogP contribution in [0.4, 0.5) is 13.2 Å². The SMILES string of the molecule is C[C@H](OCC(F)(F)F)C(=O)NCc1nc2ccccc2c(=O)n1C. The third-order valence-electron chi connectivity index (χ3n) is 3.36. The molecule has 0 saturated heterocycles. The van der Waals surface area contributed by atoms with E-state index < -0.39 is 24.8 Å². The first kappa shape index (κ1) is 17.9. The van der Waals surface area contributed by atoms with Gasteiger partial charge in [0.15, 0.2) is 0 Å². The molecule has 2 aromatic rings. The molecule has 0 radical (unpaired) electrons. The highest BCUT2D eigenvalue weighted by atomic mass is 19.4. The number of carbonyl (C=O) groups is 1. The van der Waals surface area contributed by atoms with Gasteiger partial charge in [0.1, 0.15) is 18.5 Å². The van der Waals surface area contributed by atoms with Gasteiger partial charge in [0, 0.05) is 7.05 Å². The number of fused-ring (bicyclic) bond motifs is 1. The van der Waals surface area contributed by atoms with Crippen LogP contribution in [0, 0.1) is 0 Å². The molecule has 0 aliphatic carbocycles. The fourth-order valence-corrected chi connectivity index (χ4v) is 2.03. The Bertz CT molecular complexity index is 802. The van der Waals surface area contributed by atoms with Crippen LogP contribution in [0.25, 0.3) is 10.9 Å². The first-order valence-electron chi connectivity index (χ1n) is 7.10. The lowest BCUT2D eigenvalue weighted by molar-refractivity contribution is -0.185. The van der Waals surface area contributed by atoms with Crippen molar-refractivity contribution < 1.29 is 22.7 Å². The number of nitrogens with zero attached hydrogens (tertiary/aromatic N) is 2. The van der Waals surface area contributed by atoms with Gasteiger partial charge in [-0.3, -0.25) is 14.2 Å². The molecule has 1 aromatic carbocycles. The maximum atomic E-state index is 12.2. The van der Waals surface area contributed by atoms with Crippen LogP contribution < -0.4 is 10.9 Å². The molecule has 1 N–H and O–H groups in total. The van der Waals surface area contributed by atoms with Gasteiger partial charge in [-0.15, -0.1) is 0 Å². The number of alkyl halides is 3. The van der Waals surface area contributed by atoms with Gasteiger partial charge < -0.3 is 10.1 Å². The molecular formula is C15H16F3N3O3. The van der Waals surface area contributed by atoms with Crippen LogP contribution in [0.15, 0.2) is 29.1 Å². The van der Waals surface area contributed by atoms with E-state index >= 15 is 0 Å². The van der Waals surface area contributed by atoms with E-state index in [1.807, 2.05) is 0 Å². The van der Waals surface area contributed by atoms with Crippen LogP contribution >= 0.6 is 0 Å². The van der Waals surface area contributed by atoms with Gasteiger partial charge in [0.25, 0.3) is 5.56 Å².